The van der Waals surface area contributed by atoms with Gasteiger partial charge < -0.3 is 10.2 Å². The molecule has 1 atom stereocenters. The minimum absolute atomic E-state index is 0.0611. The molecule has 26 heavy (non-hydrogen) atoms. The van der Waals surface area contributed by atoms with Gasteiger partial charge in [0.15, 0.2) is 0 Å². The molecule has 0 spiro atoms. The molecule has 0 bridgehead atoms. The summed E-state index contributed by atoms with van der Waals surface area (Å²) in [4.78, 5) is 15.5. The topological polar surface area (TPSA) is 32.3 Å². The number of thioether (sulfide) groups is 1. The van der Waals surface area contributed by atoms with Gasteiger partial charge in [-0.1, -0.05) is 60.7 Å². The lowest BCUT2D eigenvalue weighted by Gasteiger charge is -2.25. The van der Waals surface area contributed by atoms with E-state index in [9.17, 15) is 4.79 Å². The second-order valence-corrected chi connectivity index (χ2v) is 7.54. The summed E-state index contributed by atoms with van der Waals surface area (Å²) >= 11 is 1.57. The highest BCUT2D eigenvalue weighted by molar-refractivity contribution is 8.00. The molecule has 0 fully saturated rings. The van der Waals surface area contributed by atoms with Crippen molar-refractivity contribution in [2.45, 2.75) is 10.9 Å². The Morgan fingerprint density at radius 1 is 0.962 bits per heavy atom. The molecule has 0 aromatic heterocycles. The van der Waals surface area contributed by atoms with E-state index >= 15 is 0 Å². The standard InChI is InChI=1S/C22H24N2OS/c1-24(2)21(18-9-4-3-5-10-18)15-23-22(25)16-26-20-13-12-17-8-6-7-11-19(17)14-20/h3-14,21H,15-16H2,1-2H3,(H,23,25)/t21-/m0/s1. The van der Waals surface area contributed by atoms with Crippen molar-refractivity contribution >= 4 is 28.4 Å². The van der Waals surface area contributed by atoms with Crippen LogP contribution in [0, 0.1) is 0 Å². The molecule has 0 aliphatic heterocycles. The van der Waals surface area contributed by atoms with Gasteiger partial charge in [-0.3, -0.25) is 4.79 Å². The van der Waals surface area contributed by atoms with Crippen LogP contribution in [0.25, 0.3) is 10.8 Å². The summed E-state index contributed by atoms with van der Waals surface area (Å²) in [5.74, 6) is 0.485. The molecule has 3 rings (SSSR count). The van der Waals surface area contributed by atoms with Crippen molar-refractivity contribution in [2.24, 2.45) is 0 Å². The van der Waals surface area contributed by atoms with Gasteiger partial charge >= 0.3 is 0 Å². The zero-order valence-corrected chi connectivity index (χ0v) is 16.0. The Labute approximate surface area is 159 Å². The van der Waals surface area contributed by atoms with Crippen LogP contribution in [0.5, 0.6) is 0 Å². The van der Waals surface area contributed by atoms with Gasteiger partial charge in [0, 0.05) is 11.4 Å². The molecule has 0 saturated heterocycles. The highest BCUT2D eigenvalue weighted by Gasteiger charge is 2.15. The fourth-order valence-electron chi connectivity index (χ4n) is 2.94. The molecule has 0 unspecified atom stereocenters. The number of amides is 1. The van der Waals surface area contributed by atoms with E-state index in [1.807, 2.05) is 44.4 Å². The van der Waals surface area contributed by atoms with E-state index in [1.165, 1.54) is 16.3 Å². The van der Waals surface area contributed by atoms with Crippen LogP contribution in [-0.2, 0) is 4.79 Å². The van der Waals surface area contributed by atoms with Crippen LogP contribution < -0.4 is 5.32 Å². The normalized spacial score (nSPS) is 12.3. The van der Waals surface area contributed by atoms with Gasteiger partial charge in [-0.25, -0.2) is 0 Å². The average molecular weight is 365 g/mol. The van der Waals surface area contributed by atoms with E-state index in [2.05, 4.69) is 52.7 Å². The summed E-state index contributed by atoms with van der Waals surface area (Å²) in [6.07, 6.45) is 0. The largest absolute Gasteiger partial charge is 0.353 e. The molecule has 0 aliphatic carbocycles. The van der Waals surface area contributed by atoms with E-state index in [-0.39, 0.29) is 11.9 Å². The molecule has 3 aromatic carbocycles. The third kappa shape index (κ3) is 4.87. The van der Waals surface area contributed by atoms with Gasteiger partial charge in [0.2, 0.25) is 5.91 Å². The number of hydrogen-bond donors (Lipinski definition) is 1. The first-order valence-corrected chi connectivity index (χ1v) is 9.72. The van der Waals surface area contributed by atoms with Crippen molar-refractivity contribution in [3.05, 3.63) is 78.4 Å². The van der Waals surface area contributed by atoms with E-state index in [0.29, 0.717) is 12.3 Å². The predicted octanol–water partition coefficient (Wildman–Crippen LogP) is 4.35. The average Bonchev–Trinajstić information content (AvgIpc) is 2.67. The molecular weight excluding hydrogens is 340 g/mol. The molecule has 3 nitrogen and oxygen atoms in total. The van der Waals surface area contributed by atoms with Crippen LogP contribution >= 0.6 is 11.8 Å². The molecule has 4 heteroatoms. The smallest absolute Gasteiger partial charge is 0.230 e. The fraction of sp³-hybridized carbons (Fsp3) is 0.227. The highest BCUT2D eigenvalue weighted by atomic mass is 32.2. The van der Waals surface area contributed by atoms with Crippen LogP contribution in [0.1, 0.15) is 11.6 Å². The number of fused-ring (bicyclic) bond motifs is 1. The molecule has 0 radical (unpaired) electrons. The number of carbonyl (C=O) groups excluding carboxylic acids is 1. The Hall–Kier alpha value is -2.30. The van der Waals surface area contributed by atoms with Gasteiger partial charge in [-0.15, -0.1) is 11.8 Å². The van der Waals surface area contributed by atoms with Crippen LogP contribution in [0.4, 0.5) is 0 Å². The minimum Gasteiger partial charge on any atom is -0.353 e. The van der Waals surface area contributed by atoms with Gasteiger partial charge in [0.05, 0.1) is 11.8 Å². The Bertz CT molecular complexity index is 864. The van der Waals surface area contributed by atoms with Gasteiger partial charge in [0.25, 0.3) is 0 Å². The Kier molecular flexibility index (Phi) is 6.31. The predicted molar refractivity (Wildman–Crippen MR) is 111 cm³/mol. The van der Waals surface area contributed by atoms with Crippen molar-refractivity contribution in [1.82, 2.24) is 10.2 Å². The van der Waals surface area contributed by atoms with Crippen molar-refractivity contribution in [3.8, 4) is 0 Å². The minimum atomic E-state index is 0.0611. The molecule has 0 heterocycles. The molecule has 3 aromatic rings. The van der Waals surface area contributed by atoms with E-state index < -0.39 is 0 Å². The number of likely N-dealkylation sites (N-methyl/N-ethyl adjacent to an activating group) is 1. The summed E-state index contributed by atoms with van der Waals surface area (Å²) in [6, 6.07) is 25.0. The zero-order valence-electron chi connectivity index (χ0n) is 15.2. The first-order valence-electron chi connectivity index (χ1n) is 8.73. The Balaban J connectivity index is 1.54. The number of rotatable bonds is 7. The maximum absolute atomic E-state index is 12.3. The van der Waals surface area contributed by atoms with Crippen molar-refractivity contribution in [2.75, 3.05) is 26.4 Å². The van der Waals surface area contributed by atoms with Crippen LogP contribution in [0.3, 0.4) is 0 Å². The lowest BCUT2D eigenvalue weighted by atomic mass is 10.1. The van der Waals surface area contributed by atoms with Crippen molar-refractivity contribution < 1.29 is 4.79 Å². The van der Waals surface area contributed by atoms with E-state index in [0.717, 1.165) is 4.90 Å². The van der Waals surface area contributed by atoms with Crippen molar-refractivity contribution in [3.63, 3.8) is 0 Å². The number of nitrogens with zero attached hydrogens (tertiary/aromatic N) is 1. The van der Waals surface area contributed by atoms with Crippen LogP contribution in [0.2, 0.25) is 0 Å². The van der Waals surface area contributed by atoms with Crippen LogP contribution in [0.15, 0.2) is 77.7 Å². The second kappa shape index (κ2) is 8.88. The second-order valence-electron chi connectivity index (χ2n) is 6.49. The molecule has 1 N–H and O–H groups in total. The van der Waals surface area contributed by atoms with Gasteiger partial charge in [-0.05, 0) is 42.6 Å². The number of benzene rings is 3. The van der Waals surface area contributed by atoms with Gasteiger partial charge in [-0.2, -0.15) is 0 Å². The number of carbonyl (C=O) groups is 1. The van der Waals surface area contributed by atoms with Crippen LogP contribution in [-0.4, -0.2) is 37.2 Å². The van der Waals surface area contributed by atoms with E-state index in [1.54, 1.807) is 11.8 Å². The maximum atomic E-state index is 12.3. The third-order valence-corrected chi connectivity index (χ3v) is 5.38. The molecule has 0 saturated carbocycles. The lowest BCUT2D eigenvalue weighted by Crippen LogP contribution is -2.35. The Morgan fingerprint density at radius 3 is 2.38 bits per heavy atom. The first-order chi connectivity index (χ1) is 12.6. The third-order valence-electron chi connectivity index (χ3n) is 4.39. The molecule has 0 aliphatic rings. The van der Waals surface area contributed by atoms with Gasteiger partial charge in [0.1, 0.15) is 0 Å². The summed E-state index contributed by atoms with van der Waals surface area (Å²) in [5, 5.41) is 5.49. The fourth-order valence-corrected chi connectivity index (χ4v) is 3.72. The number of hydrogen-bond acceptors (Lipinski definition) is 3. The number of nitrogens with one attached hydrogen (secondary N) is 1. The first kappa shape index (κ1) is 18.5. The summed E-state index contributed by atoms with van der Waals surface area (Å²) < 4.78 is 0. The molecular formula is C22H24N2OS. The summed E-state index contributed by atoms with van der Waals surface area (Å²) in [7, 11) is 4.07. The SMILES string of the molecule is CN(C)[C@@H](CNC(=O)CSc1ccc2ccccc2c1)c1ccccc1. The summed E-state index contributed by atoms with van der Waals surface area (Å²) in [6.45, 7) is 0.605. The molecule has 134 valence electrons. The van der Waals surface area contributed by atoms with Crippen molar-refractivity contribution in [1.29, 1.82) is 0 Å². The highest BCUT2D eigenvalue weighted by Crippen LogP contribution is 2.23. The monoisotopic (exact) mass is 364 g/mol. The molecule has 1 amide bonds. The Morgan fingerprint density at radius 2 is 1.65 bits per heavy atom. The maximum Gasteiger partial charge on any atom is 0.230 e. The zero-order chi connectivity index (χ0) is 18.4. The summed E-state index contributed by atoms with van der Waals surface area (Å²) in [5.41, 5.74) is 1.21. The quantitative estimate of drug-likeness (QED) is 0.633. The lowest BCUT2D eigenvalue weighted by molar-refractivity contribution is -0.118. The van der Waals surface area contributed by atoms with E-state index in [4.69, 9.17) is 0 Å².